The first kappa shape index (κ1) is 12.0. The first-order valence-corrected chi connectivity index (χ1v) is 4.96. The fourth-order valence-electron chi connectivity index (χ4n) is 1.08. The summed E-state index contributed by atoms with van der Waals surface area (Å²) in [5.74, 6) is -1.49. The molecule has 0 bridgehead atoms. The Bertz CT molecular complexity index is 387. The van der Waals surface area contributed by atoms with E-state index in [2.05, 4.69) is 15.9 Å². The average molecular weight is 282 g/mol. The lowest BCUT2D eigenvalue weighted by molar-refractivity contribution is -0.255. The molecule has 6 heteroatoms. The molecule has 1 aromatic rings. The van der Waals surface area contributed by atoms with Crippen molar-refractivity contribution in [2.75, 3.05) is 0 Å². The molecule has 0 aliphatic carbocycles. The van der Waals surface area contributed by atoms with Gasteiger partial charge in [-0.3, -0.25) is 0 Å². The highest BCUT2D eigenvalue weighted by molar-refractivity contribution is 9.08. The molecule has 0 aromatic heterocycles. The van der Waals surface area contributed by atoms with Gasteiger partial charge in [-0.1, -0.05) is 22.0 Å². The van der Waals surface area contributed by atoms with E-state index < -0.39 is 17.7 Å². The molecule has 0 radical (unpaired) electrons. The molecule has 0 spiro atoms. The number of hydrogen-bond donors (Lipinski definition) is 0. The molecule has 0 atom stereocenters. The maximum absolute atomic E-state index is 12.3. The number of carbonyl (C=O) groups is 1. The van der Waals surface area contributed by atoms with Gasteiger partial charge in [0.1, 0.15) is 0 Å². The maximum atomic E-state index is 12.3. The topological polar surface area (TPSA) is 40.1 Å². The number of rotatable bonds is 2. The number of carboxylic acids is 1. The molecule has 0 aliphatic rings. The fourth-order valence-corrected chi connectivity index (χ4v) is 1.54. The molecule has 82 valence electrons. The van der Waals surface area contributed by atoms with Gasteiger partial charge >= 0.3 is 6.18 Å². The first-order valence-electron chi connectivity index (χ1n) is 3.83. The van der Waals surface area contributed by atoms with Crippen LogP contribution in [0.5, 0.6) is 0 Å². The van der Waals surface area contributed by atoms with Gasteiger partial charge in [0.25, 0.3) is 0 Å². The van der Waals surface area contributed by atoms with E-state index in [9.17, 15) is 23.1 Å². The summed E-state index contributed by atoms with van der Waals surface area (Å²) in [7, 11) is 0. The van der Waals surface area contributed by atoms with Crippen LogP contribution in [-0.2, 0) is 11.5 Å². The highest BCUT2D eigenvalue weighted by Crippen LogP contribution is 2.31. The summed E-state index contributed by atoms with van der Waals surface area (Å²) in [5, 5.41) is 10.6. The molecule has 0 saturated heterocycles. The summed E-state index contributed by atoms with van der Waals surface area (Å²) >= 11 is 2.92. The van der Waals surface area contributed by atoms with Crippen molar-refractivity contribution in [3.63, 3.8) is 0 Å². The number of alkyl halides is 4. The zero-order chi connectivity index (χ0) is 11.6. The van der Waals surface area contributed by atoms with E-state index >= 15 is 0 Å². The van der Waals surface area contributed by atoms with Crippen molar-refractivity contribution >= 4 is 21.9 Å². The van der Waals surface area contributed by atoms with Gasteiger partial charge in [-0.15, -0.1) is 0 Å². The number of carboxylic acid groups (broad SMARTS) is 1. The van der Waals surface area contributed by atoms with E-state index in [1.54, 1.807) is 0 Å². The summed E-state index contributed by atoms with van der Waals surface area (Å²) in [6.07, 6.45) is -4.47. The van der Waals surface area contributed by atoms with Crippen molar-refractivity contribution in [3.05, 3.63) is 34.9 Å². The molecular formula is C9H5BrF3O2-. The minimum Gasteiger partial charge on any atom is -0.545 e. The highest BCUT2D eigenvalue weighted by atomic mass is 79.9. The molecule has 0 saturated carbocycles. The first-order chi connectivity index (χ1) is 6.86. The van der Waals surface area contributed by atoms with Gasteiger partial charge in [0.2, 0.25) is 0 Å². The molecule has 1 aromatic carbocycles. The molecule has 1 rings (SSSR count). The predicted molar refractivity (Wildman–Crippen MR) is 48.4 cm³/mol. The summed E-state index contributed by atoms with van der Waals surface area (Å²) in [6, 6.07) is 2.41. The van der Waals surface area contributed by atoms with Crippen LogP contribution in [0.3, 0.4) is 0 Å². The monoisotopic (exact) mass is 281 g/mol. The Morgan fingerprint density at radius 1 is 1.40 bits per heavy atom. The van der Waals surface area contributed by atoms with E-state index in [-0.39, 0.29) is 16.5 Å². The van der Waals surface area contributed by atoms with Gasteiger partial charge in [0.05, 0.1) is 11.5 Å². The summed E-state index contributed by atoms with van der Waals surface area (Å²) in [6.45, 7) is 0. The third-order valence-electron chi connectivity index (χ3n) is 1.80. The van der Waals surface area contributed by atoms with E-state index in [0.29, 0.717) is 0 Å². The Hall–Kier alpha value is -1.04. The minimum atomic E-state index is -4.47. The number of hydrogen-bond acceptors (Lipinski definition) is 2. The van der Waals surface area contributed by atoms with Crippen LogP contribution < -0.4 is 5.11 Å². The molecule has 2 nitrogen and oxygen atoms in total. The van der Waals surface area contributed by atoms with Crippen LogP contribution in [0.4, 0.5) is 13.2 Å². The Balaban J connectivity index is 3.25. The maximum Gasteiger partial charge on any atom is 0.416 e. The van der Waals surface area contributed by atoms with Crippen LogP contribution >= 0.6 is 15.9 Å². The van der Waals surface area contributed by atoms with Crippen LogP contribution in [0.2, 0.25) is 0 Å². The van der Waals surface area contributed by atoms with E-state index in [1.807, 2.05) is 0 Å². The van der Waals surface area contributed by atoms with Gasteiger partial charge in [0.15, 0.2) is 0 Å². The largest absolute Gasteiger partial charge is 0.545 e. The Morgan fingerprint density at radius 2 is 2.00 bits per heavy atom. The summed E-state index contributed by atoms with van der Waals surface area (Å²) < 4.78 is 36.8. The van der Waals surface area contributed by atoms with Crippen LogP contribution in [0.25, 0.3) is 0 Å². The van der Waals surface area contributed by atoms with Crippen molar-refractivity contribution in [2.24, 2.45) is 0 Å². The number of benzene rings is 1. The summed E-state index contributed by atoms with van der Waals surface area (Å²) in [4.78, 5) is 10.5. The lowest BCUT2D eigenvalue weighted by atomic mass is 10.1. The SMILES string of the molecule is O=C([O-])c1ccc(C(F)(F)F)cc1CBr. The van der Waals surface area contributed by atoms with Crippen LogP contribution in [0.15, 0.2) is 18.2 Å². The fraction of sp³-hybridized carbons (Fsp3) is 0.222. The normalized spacial score (nSPS) is 11.5. The second-order valence-electron chi connectivity index (χ2n) is 2.79. The van der Waals surface area contributed by atoms with E-state index in [1.165, 1.54) is 0 Å². The predicted octanol–water partition coefficient (Wildman–Crippen LogP) is 1.96. The second-order valence-corrected chi connectivity index (χ2v) is 3.35. The van der Waals surface area contributed by atoms with Crippen LogP contribution in [0, 0.1) is 0 Å². The molecule has 0 heterocycles. The lowest BCUT2D eigenvalue weighted by Gasteiger charge is -2.12. The van der Waals surface area contributed by atoms with Crippen LogP contribution in [-0.4, -0.2) is 5.97 Å². The van der Waals surface area contributed by atoms with E-state index in [4.69, 9.17) is 0 Å². The van der Waals surface area contributed by atoms with Crippen molar-refractivity contribution in [1.82, 2.24) is 0 Å². The highest BCUT2D eigenvalue weighted by Gasteiger charge is 2.30. The van der Waals surface area contributed by atoms with Gasteiger partial charge in [-0.2, -0.15) is 13.2 Å². The van der Waals surface area contributed by atoms with E-state index in [0.717, 1.165) is 18.2 Å². The number of carbonyl (C=O) groups excluding carboxylic acids is 1. The third kappa shape index (κ3) is 2.71. The molecule has 0 unspecified atom stereocenters. The van der Waals surface area contributed by atoms with Gasteiger partial charge in [0, 0.05) is 10.9 Å². The van der Waals surface area contributed by atoms with Crippen molar-refractivity contribution in [2.45, 2.75) is 11.5 Å². The standard InChI is InChI=1S/C9H6BrF3O2/c10-4-5-3-6(9(11,12)13)1-2-7(5)8(14)15/h1-3H,4H2,(H,14,15)/p-1. The minimum absolute atomic E-state index is 0.0280. The Kier molecular flexibility index (Phi) is 3.38. The van der Waals surface area contributed by atoms with Crippen molar-refractivity contribution in [1.29, 1.82) is 0 Å². The lowest BCUT2D eigenvalue weighted by Crippen LogP contribution is -2.24. The smallest absolute Gasteiger partial charge is 0.416 e. The zero-order valence-electron chi connectivity index (χ0n) is 7.27. The quantitative estimate of drug-likeness (QED) is 0.778. The van der Waals surface area contributed by atoms with Gasteiger partial charge in [-0.25, -0.2) is 0 Å². The molecule has 0 amide bonds. The van der Waals surface area contributed by atoms with Gasteiger partial charge < -0.3 is 9.90 Å². The molecular weight excluding hydrogens is 277 g/mol. The zero-order valence-corrected chi connectivity index (χ0v) is 8.85. The second kappa shape index (κ2) is 4.22. The Labute approximate surface area is 91.8 Å². The average Bonchev–Trinajstić information content (AvgIpc) is 2.15. The third-order valence-corrected chi connectivity index (χ3v) is 2.40. The van der Waals surface area contributed by atoms with Crippen molar-refractivity contribution < 1.29 is 23.1 Å². The number of halogens is 4. The van der Waals surface area contributed by atoms with Crippen molar-refractivity contribution in [3.8, 4) is 0 Å². The molecule has 15 heavy (non-hydrogen) atoms. The Morgan fingerprint density at radius 3 is 2.40 bits per heavy atom. The van der Waals surface area contributed by atoms with Crippen LogP contribution in [0.1, 0.15) is 21.5 Å². The number of aromatic carboxylic acids is 1. The molecule has 0 N–H and O–H groups in total. The molecule has 0 fully saturated rings. The van der Waals surface area contributed by atoms with Gasteiger partial charge in [-0.05, 0) is 17.7 Å². The molecule has 0 aliphatic heterocycles. The summed E-state index contributed by atoms with van der Waals surface area (Å²) in [5.41, 5.74) is -1.06.